The van der Waals surface area contributed by atoms with Gasteiger partial charge in [0.2, 0.25) is 5.88 Å². The minimum atomic E-state index is -1.05. The Morgan fingerprint density at radius 3 is 2.82 bits per heavy atom. The lowest BCUT2D eigenvalue weighted by Crippen LogP contribution is -2.03. The van der Waals surface area contributed by atoms with Crippen LogP contribution in [-0.2, 0) is 0 Å². The highest BCUT2D eigenvalue weighted by Gasteiger charge is 2.09. The molecule has 0 saturated heterocycles. The second kappa shape index (κ2) is 6.45. The van der Waals surface area contributed by atoms with Crippen LogP contribution in [0.2, 0.25) is 5.02 Å². The van der Waals surface area contributed by atoms with Crippen molar-refractivity contribution < 1.29 is 14.6 Å². The summed E-state index contributed by atoms with van der Waals surface area (Å²) in [5.74, 6) is -0.123. The van der Waals surface area contributed by atoms with Gasteiger partial charge in [-0.1, -0.05) is 25.4 Å². The van der Waals surface area contributed by atoms with Crippen molar-refractivity contribution in [3.8, 4) is 5.88 Å². The molecule has 5 heteroatoms. The normalized spacial score (nSPS) is 10.6. The van der Waals surface area contributed by atoms with E-state index < -0.39 is 5.97 Å². The Morgan fingerprint density at radius 1 is 1.59 bits per heavy atom. The Bertz CT molecular complexity index is 393. The molecule has 4 nitrogen and oxygen atoms in total. The second-order valence-corrected chi connectivity index (χ2v) is 4.61. The average Bonchev–Trinajstić information content (AvgIpc) is 2.25. The predicted molar refractivity (Wildman–Crippen MR) is 65.8 cm³/mol. The summed E-state index contributed by atoms with van der Waals surface area (Å²) in [5.41, 5.74) is 0.0598. The molecule has 0 aromatic carbocycles. The van der Waals surface area contributed by atoms with Gasteiger partial charge >= 0.3 is 5.97 Å². The number of nitrogens with zero attached hydrogens (tertiary/aromatic N) is 1. The number of pyridine rings is 1. The summed E-state index contributed by atoms with van der Waals surface area (Å²) < 4.78 is 5.39. The van der Waals surface area contributed by atoms with E-state index in [1.54, 1.807) is 0 Å². The van der Waals surface area contributed by atoms with Gasteiger partial charge in [-0.15, -0.1) is 0 Å². The number of aromatic nitrogens is 1. The van der Waals surface area contributed by atoms with Gasteiger partial charge in [-0.2, -0.15) is 0 Å². The summed E-state index contributed by atoms with van der Waals surface area (Å²) in [5, 5.41) is 8.97. The first kappa shape index (κ1) is 13.8. The molecule has 1 N–H and O–H groups in total. The lowest BCUT2D eigenvalue weighted by Gasteiger charge is -2.08. The zero-order chi connectivity index (χ0) is 12.8. The summed E-state index contributed by atoms with van der Waals surface area (Å²) in [6, 6.07) is 1.34. The van der Waals surface area contributed by atoms with Gasteiger partial charge in [0, 0.05) is 6.20 Å². The van der Waals surface area contributed by atoms with Crippen molar-refractivity contribution in [2.24, 2.45) is 5.92 Å². The third-order valence-electron chi connectivity index (χ3n) is 2.22. The van der Waals surface area contributed by atoms with Crippen molar-refractivity contribution in [3.05, 3.63) is 22.8 Å². The minimum absolute atomic E-state index is 0.0598. The number of halogens is 1. The fourth-order valence-corrected chi connectivity index (χ4v) is 1.53. The van der Waals surface area contributed by atoms with E-state index in [0.717, 1.165) is 12.8 Å². The van der Waals surface area contributed by atoms with Crippen LogP contribution in [0.15, 0.2) is 12.3 Å². The molecule has 0 amide bonds. The number of hydrogen-bond donors (Lipinski definition) is 1. The van der Waals surface area contributed by atoms with Gasteiger partial charge in [-0.3, -0.25) is 0 Å². The molecule has 0 bridgehead atoms. The first-order valence-electron chi connectivity index (χ1n) is 5.52. The number of carboxylic acid groups (broad SMARTS) is 1. The zero-order valence-corrected chi connectivity index (χ0v) is 10.7. The molecule has 0 aliphatic heterocycles. The summed E-state index contributed by atoms with van der Waals surface area (Å²) in [4.78, 5) is 14.5. The zero-order valence-electron chi connectivity index (χ0n) is 9.94. The predicted octanol–water partition coefficient (Wildman–Crippen LogP) is 3.25. The molecule has 17 heavy (non-hydrogen) atoms. The molecule has 0 unspecified atom stereocenters. The molecule has 94 valence electrons. The summed E-state index contributed by atoms with van der Waals surface area (Å²) >= 11 is 5.86. The number of aromatic carboxylic acids is 1. The molecule has 0 aliphatic carbocycles. The van der Waals surface area contributed by atoms with E-state index in [1.165, 1.54) is 12.3 Å². The molecule has 0 atom stereocenters. The molecule has 1 rings (SSSR count). The molecule has 0 saturated carbocycles. The Kier molecular flexibility index (Phi) is 5.22. The number of carbonyl (C=O) groups is 1. The molecule has 1 aromatic rings. The average molecular weight is 258 g/mol. The van der Waals surface area contributed by atoms with E-state index in [9.17, 15) is 4.79 Å². The Labute approximate surface area is 106 Å². The summed E-state index contributed by atoms with van der Waals surface area (Å²) in [6.45, 7) is 4.83. The molecule has 0 fully saturated rings. The molecule has 1 heterocycles. The van der Waals surface area contributed by atoms with Crippen molar-refractivity contribution in [3.63, 3.8) is 0 Å². The van der Waals surface area contributed by atoms with Crippen molar-refractivity contribution in [1.82, 2.24) is 4.98 Å². The Hall–Kier alpha value is -1.29. The maximum Gasteiger partial charge on any atom is 0.337 e. The topological polar surface area (TPSA) is 59.4 Å². The largest absolute Gasteiger partial charge is 0.478 e. The van der Waals surface area contributed by atoms with Gasteiger partial charge in [0.1, 0.15) is 5.02 Å². The SMILES string of the molecule is CC(C)CCCOc1ncc(C(=O)O)cc1Cl. The van der Waals surface area contributed by atoms with Crippen molar-refractivity contribution in [2.45, 2.75) is 26.7 Å². The van der Waals surface area contributed by atoms with E-state index in [0.29, 0.717) is 18.4 Å². The van der Waals surface area contributed by atoms with Crippen LogP contribution in [0.25, 0.3) is 0 Å². The number of carboxylic acids is 1. The van der Waals surface area contributed by atoms with Crippen LogP contribution in [0.3, 0.4) is 0 Å². The lowest BCUT2D eigenvalue weighted by molar-refractivity contribution is 0.0696. The molecule has 0 aliphatic rings. The maximum absolute atomic E-state index is 10.7. The third kappa shape index (κ3) is 4.61. The van der Waals surface area contributed by atoms with Gasteiger partial charge in [0.25, 0.3) is 0 Å². The van der Waals surface area contributed by atoms with E-state index in [4.69, 9.17) is 21.4 Å². The third-order valence-corrected chi connectivity index (χ3v) is 2.49. The van der Waals surface area contributed by atoms with E-state index in [-0.39, 0.29) is 10.6 Å². The van der Waals surface area contributed by atoms with Crippen molar-refractivity contribution in [2.75, 3.05) is 6.61 Å². The Balaban J connectivity index is 2.52. The highest BCUT2D eigenvalue weighted by Crippen LogP contribution is 2.22. The van der Waals surface area contributed by atoms with Crippen molar-refractivity contribution in [1.29, 1.82) is 0 Å². The first-order chi connectivity index (χ1) is 8.00. The van der Waals surface area contributed by atoms with E-state index in [1.807, 2.05) is 0 Å². The first-order valence-corrected chi connectivity index (χ1v) is 5.90. The second-order valence-electron chi connectivity index (χ2n) is 4.20. The van der Waals surface area contributed by atoms with Gasteiger partial charge in [-0.25, -0.2) is 9.78 Å². The maximum atomic E-state index is 10.7. The van der Waals surface area contributed by atoms with E-state index >= 15 is 0 Å². The fourth-order valence-electron chi connectivity index (χ4n) is 1.31. The monoisotopic (exact) mass is 257 g/mol. The van der Waals surface area contributed by atoms with Gasteiger partial charge in [0.15, 0.2) is 0 Å². The standard InChI is InChI=1S/C12H16ClNO3/c1-8(2)4-3-5-17-11-10(13)6-9(7-14-11)12(15)16/h6-8H,3-5H2,1-2H3,(H,15,16). The Morgan fingerprint density at radius 2 is 2.29 bits per heavy atom. The fraction of sp³-hybridized carbons (Fsp3) is 0.500. The highest BCUT2D eigenvalue weighted by atomic mass is 35.5. The molecule has 1 aromatic heterocycles. The van der Waals surface area contributed by atoms with E-state index in [2.05, 4.69) is 18.8 Å². The van der Waals surface area contributed by atoms with Gasteiger partial charge in [0.05, 0.1) is 12.2 Å². The summed E-state index contributed by atoms with van der Waals surface area (Å²) in [6.07, 6.45) is 3.24. The van der Waals surface area contributed by atoms with Crippen LogP contribution < -0.4 is 4.74 Å². The number of ether oxygens (including phenoxy) is 1. The molecular formula is C12H16ClNO3. The highest BCUT2D eigenvalue weighted by molar-refractivity contribution is 6.32. The van der Waals surface area contributed by atoms with Crippen LogP contribution in [0.4, 0.5) is 0 Å². The smallest absolute Gasteiger partial charge is 0.337 e. The van der Waals surface area contributed by atoms with Crippen LogP contribution in [0, 0.1) is 5.92 Å². The quantitative estimate of drug-likeness (QED) is 0.795. The summed E-state index contributed by atoms with van der Waals surface area (Å²) in [7, 11) is 0. The number of hydrogen-bond acceptors (Lipinski definition) is 3. The molecule has 0 spiro atoms. The van der Waals surface area contributed by atoms with Crippen LogP contribution >= 0.6 is 11.6 Å². The lowest BCUT2D eigenvalue weighted by atomic mass is 10.1. The van der Waals surface area contributed by atoms with Gasteiger partial charge < -0.3 is 9.84 Å². The molecule has 0 radical (unpaired) electrons. The van der Waals surface area contributed by atoms with Crippen LogP contribution in [0.5, 0.6) is 5.88 Å². The number of rotatable bonds is 6. The molecular weight excluding hydrogens is 242 g/mol. The van der Waals surface area contributed by atoms with Crippen molar-refractivity contribution >= 4 is 17.6 Å². The van der Waals surface area contributed by atoms with Gasteiger partial charge in [-0.05, 0) is 24.8 Å². The van der Waals surface area contributed by atoms with Crippen LogP contribution in [-0.4, -0.2) is 22.7 Å². The van der Waals surface area contributed by atoms with Crippen LogP contribution in [0.1, 0.15) is 37.0 Å². The minimum Gasteiger partial charge on any atom is -0.478 e.